The Morgan fingerprint density at radius 2 is 1.71 bits per heavy atom. The third-order valence-corrected chi connectivity index (χ3v) is 3.56. The summed E-state index contributed by atoms with van der Waals surface area (Å²) in [6.07, 6.45) is 0. The summed E-state index contributed by atoms with van der Waals surface area (Å²) in [5.74, 6) is -2.18. The number of halogens is 4. The van der Waals surface area contributed by atoms with E-state index >= 15 is 0 Å². The van der Waals surface area contributed by atoms with Crippen LogP contribution < -0.4 is 10.1 Å². The predicted octanol–water partition coefficient (Wildman–Crippen LogP) is 4.07. The van der Waals surface area contributed by atoms with Gasteiger partial charge in [-0.1, -0.05) is 23.7 Å². The molecule has 0 saturated carbocycles. The minimum atomic E-state index is -0.917. The molecule has 2 nitrogen and oxygen atoms in total. The zero-order valence-electron chi connectivity index (χ0n) is 11.4. The Labute approximate surface area is 125 Å². The molecule has 0 aliphatic rings. The Morgan fingerprint density at radius 1 is 1.10 bits per heavy atom. The van der Waals surface area contributed by atoms with Crippen molar-refractivity contribution in [1.82, 2.24) is 5.32 Å². The Hall–Kier alpha value is -1.72. The number of rotatable bonds is 4. The van der Waals surface area contributed by atoms with Crippen molar-refractivity contribution in [3.05, 3.63) is 63.9 Å². The summed E-state index contributed by atoms with van der Waals surface area (Å²) in [6, 6.07) is 5.33. The van der Waals surface area contributed by atoms with Gasteiger partial charge in [-0.25, -0.2) is 13.2 Å². The topological polar surface area (TPSA) is 21.3 Å². The third-order valence-electron chi connectivity index (χ3n) is 3.16. The number of hydrogen-bond donors (Lipinski definition) is 1. The van der Waals surface area contributed by atoms with Crippen molar-refractivity contribution in [2.45, 2.75) is 6.04 Å². The second-order valence-corrected chi connectivity index (χ2v) is 4.75. The molecule has 1 atom stereocenters. The lowest BCUT2D eigenvalue weighted by atomic mass is 9.97. The summed E-state index contributed by atoms with van der Waals surface area (Å²) in [5, 5.41) is 2.58. The maximum absolute atomic E-state index is 14.2. The number of nitrogens with one attached hydrogen (secondary N) is 1. The smallest absolute Gasteiger partial charge is 0.142 e. The fourth-order valence-electron chi connectivity index (χ4n) is 2.15. The Morgan fingerprint density at radius 3 is 2.24 bits per heavy atom. The summed E-state index contributed by atoms with van der Waals surface area (Å²) in [6.45, 7) is 0. The molecular weight excluding hydrogens is 303 g/mol. The van der Waals surface area contributed by atoms with Gasteiger partial charge in [-0.15, -0.1) is 0 Å². The van der Waals surface area contributed by atoms with Crippen molar-refractivity contribution in [2.24, 2.45) is 0 Å². The molecule has 0 radical (unpaired) electrons. The lowest BCUT2D eigenvalue weighted by Gasteiger charge is -2.20. The van der Waals surface area contributed by atoms with E-state index in [1.54, 1.807) is 0 Å². The molecule has 2 rings (SSSR count). The highest BCUT2D eigenvalue weighted by Crippen LogP contribution is 2.34. The van der Waals surface area contributed by atoms with Crippen LogP contribution >= 0.6 is 11.6 Å². The molecule has 0 heterocycles. The van der Waals surface area contributed by atoms with Crippen LogP contribution in [-0.2, 0) is 0 Å². The van der Waals surface area contributed by atoms with Crippen LogP contribution in [0.15, 0.2) is 30.3 Å². The van der Waals surface area contributed by atoms with Crippen LogP contribution in [0, 0.1) is 17.5 Å². The largest absolute Gasteiger partial charge is 0.497 e. The molecule has 0 fully saturated rings. The molecular formula is C15H13ClF3NO. The molecule has 112 valence electrons. The number of methoxy groups -OCH3 is 1. The third kappa shape index (κ3) is 2.99. The maximum Gasteiger partial charge on any atom is 0.142 e. The van der Waals surface area contributed by atoms with E-state index in [2.05, 4.69) is 5.32 Å². The van der Waals surface area contributed by atoms with Gasteiger partial charge in [0, 0.05) is 17.7 Å². The van der Waals surface area contributed by atoms with Gasteiger partial charge in [0.2, 0.25) is 0 Å². The lowest BCUT2D eigenvalue weighted by molar-refractivity contribution is 0.403. The molecule has 0 bridgehead atoms. The molecule has 1 unspecified atom stereocenters. The Kier molecular flexibility index (Phi) is 4.75. The molecule has 0 spiro atoms. The first-order chi connectivity index (χ1) is 9.99. The first kappa shape index (κ1) is 15.7. The predicted molar refractivity (Wildman–Crippen MR) is 75.2 cm³/mol. The molecule has 2 aromatic rings. The fraction of sp³-hybridized carbons (Fsp3) is 0.200. The van der Waals surface area contributed by atoms with Crippen LogP contribution in [0.4, 0.5) is 13.2 Å². The summed E-state index contributed by atoms with van der Waals surface area (Å²) in [7, 11) is 2.82. The molecule has 0 aliphatic carbocycles. The highest BCUT2D eigenvalue weighted by atomic mass is 35.5. The summed E-state index contributed by atoms with van der Waals surface area (Å²) in [4.78, 5) is 0. The van der Waals surface area contributed by atoms with Gasteiger partial charge in [-0.3, -0.25) is 0 Å². The molecule has 6 heteroatoms. The van der Waals surface area contributed by atoms with Gasteiger partial charge < -0.3 is 10.1 Å². The quantitative estimate of drug-likeness (QED) is 0.918. The normalized spacial score (nSPS) is 12.3. The van der Waals surface area contributed by atoms with Crippen LogP contribution in [0.25, 0.3) is 0 Å². The molecule has 0 aliphatic heterocycles. The van der Waals surface area contributed by atoms with Crippen LogP contribution in [-0.4, -0.2) is 14.2 Å². The van der Waals surface area contributed by atoms with Crippen LogP contribution in [0.2, 0.25) is 5.02 Å². The van der Waals surface area contributed by atoms with Gasteiger partial charge in [0.1, 0.15) is 23.2 Å². The van der Waals surface area contributed by atoms with Crippen LogP contribution in [0.5, 0.6) is 5.75 Å². The van der Waals surface area contributed by atoms with Crippen molar-refractivity contribution < 1.29 is 17.9 Å². The van der Waals surface area contributed by atoms with Crippen molar-refractivity contribution >= 4 is 11.6 Å². The van der Waals surface area contributed by atoms with E-state index in [4.69, 9.17) is 16.3 Å². The van der Waals surface area contributed by atoms with Gasteiger partial charge >= 0.3 is 0 Å². The van der Waals surface area contributed by atoms with E-state index in [0.717, 1.165) is 12.1 Å². The van der Waals surface area contributed by atoms with E-state index in [1.807, 2.05) is 0 Å². The zero-order valence-corrected chi connectivity index (χ0v) is 12.1. The van der Waals surface area contributed by atoms with Gasteiger partial charge in [0.15, 0.2) is 0 Å². The van der Waals surface area contributed by atoms with E-state index < -0.39 is 23.5 Å². The number of hydrogen-bond acceptors (Lipinski definition) is 2. The molecule has 21 heavy (non-hydrogen) atoms. The average Bonchev–Trinajstić information content (AvgIpc) is 2.46. The SMILES string of the molecule is CNC(c1cccc(F)c1Cl)c1c(F)cc(OC)cc1F. The maximum atomic E-state index is 14.2. The summed E-state index contributed by atoms with van der Waals surface area (Å²) < 4.78 is 46.7. The van der Waals surface area contributed by atoms with Crippen molar-refractivity contribution in [2.75, 3.05) is 14.2 Å². The van der Waals surface area contributed by atoms with Crippen LogP contribution in [0.3, 0.4) is 0 Å². The summed E-state index contributed by atoms with van der Waals surface area (Å²) in [5.41, 5.74) is 0.00735. The van der Waals surface area contributed by atoms with E-state index in [1.165, 1.54) is 32.4 Å². The van der Waals surface area contributed by atoms with Gasteiger partial charge in [-0.05, 0) is 18.7 Å². The highest BCUT2D eigenvalue weighted by molar-refractivity contribution is 6.31. The van der Waals surface area contributed by atoms with Crippen molar-refractivity contribution in [1.29, 1.82) is 0 Å². The van der Waals surface area contributed by atoms with E-state index in [0.29, 0.717) is 0 Å². The van der Waals surface area contributed by atoms with Gasteiger partial charge in [-0.2, -0.15) is 0 Å². The molecule has 1 N–H and O–H groups in total. The minimum absolute atomic E-state index is 0.0638. The minimum Gasteiger partial charge on any atom is -0.497 e. The second kappa shape index (κ2) is 6.37. The van der Waals surface area contributed by atoms with E-state index in [9.17, 15) is 13.2 Å². The molecule has 0 amide bonds. The van der Waals surface area contributed by atoms with Gasteiger partial charge in [0.05, 0.1) is 18.2 Å². The average molecular weight is 316 g/mol. The van der Waals surface area contributed by atoms with E-state index in [-0.39, 0.29) is 21.9 Å². The highest BCUT2D eigenvalue weighted by Gasteiger charge is 2.24. The Bertz CT molecular complexity index is 640. The molecule has 0 saturated heterocycles. The summed E-state index contributed by atoms with van der Waals surface area (Å²) >= 11 is 5.90. The fourth-order valence-corrected chi connectivity index (χ4v) is 2.39. The lowest BCUT2D eigenvalue weighted by Crippen LogP contribution is -2.21. The second-order valence-electron chi connectivity index (χ2n) is 4.37. The Balaban J connectivity index is 2.59. The monoisotopic (exact) mass is 315 g/mol. The van der Waals surface area contributed by atoms with Crippen LogP contribution in [0.1, 0.15) is 17.2 Å². The standard InChI is InChI=1S/C15H13ClF3NO/c1-20-15(9-4-3-5-10(17)14(9)16)13-11(18)6-8(21-2)7-12(13)19/h3-7,15,20H,1-2H3. The van der Waals surface area contributed by atoms with Crippen molar-refractivity contribution in [3.8, 4) is 5.75 Å². The first-order valence-electron chi connectivity index (χ1n) is 6.13. The zero-order chi connectivity index (χ0) is 15.6. The van der Waals surface area contributed by atoms with Gasteiger partial charge in [0.25, 0.3) is 0 Å². The van der Waals surface area contributed by atoms with Crippen molar-refractivity contribution in [3.63, 3.8) is 0 Å². The number of ether oxygens (including phenoxy) is 1. The number of benzene rings is 2. The molecule has 0 aromatic heterocycles. The first-order valence-corrected chi connectivity index (χ1v) is 6.51. The molecule has 2 aromatic carbocycles.